The molecular formula is C27H28N4O3. The normalized spacial score (nSPS) is 16.5. The van der Waals surface area contributed by atoms with Gasteiger partial charge < -0.3 is 14.6 Å². The van der Waals surface area contributed by atoms with Crippen molar-refractivity contribution >= 4 is 28.1 Å². The number of H-pyrrole nitrogens is 1. The van der Waals surface area contributed by atoms with E-state index in [1.165, 1.54) is 11.1 Å². The SMILES string of the molecule is Cc1ccc2c(c1)CCN2C(=O)c1cc2[nH]c(=O)c3c(C)nc(C4CCOCC4)n3c2cc1C. The lowest BCUT2D eigenvalue weighted by Crippen LogP contribution is -2.29. The summed E-state index contributed by atoms with van der Waals surface area (Å²) in [6.45, 7) is 7.99. The second-order valence-electron chi connectivity index (χ2n) is 9.60. The third kappa shape index (κ3) is 3.18. The summed E-state index contributed by atoms with van der Waals surface area (Å²) in [5.74, 6) is 1.12. The van der Waals surface area contributed by atoms with Crippen LogP contribution in [0.1, 0.15) is 57.3 Å². The van der Waals surface area contributed by atoms with Crippen LogP contribution in [0.25, 0.3) is 16.6 Å². The molecule has 0 saturated carbocycles. The number of hydrogen-bond acceptors (Lipinski definition) is 4. The number of carbonyl (C=O) groups is 1. The molecule has 0 bridgehead atoms. The average Bonchev–Trinajstić information content (AvgIpc) is 3.40. The topological polar surface area (TPSA) is 79.7 Å². The number of aromatic amines is 1. The van der Waals surface area contributed by atoms with Crippen molar-refractivity contribution in [3.8, 4) is 0 Å². The largest absolute Gasteiger partial charge is 0.381 e. The Bertz CT molecular complexity index is 1520. The Hall–Kier alpha value is -3.45. The Labute approximate surface area is 197 Å². The number of fused-ring (bicyclic) bond motifs is 4. The molecule has 0 atom stereocenters. The molecule has 0 unspecified atom stereocenters. The minimum absolute atomic E-state index is 0.0330. The van der Waals surface area contributed by atoms with Gasteiger partial charge in [-0.05, 0) is 69.4 Å². The van der Waals surface area contributed by atoms with Gasteiger partial charge in [0.25, 0.3) is 11.5 Å². The molecule has 2 aliphatic heterocycles. The molecular weight excluding hydrogens is 428 g/mol. The van der Waals surface area contributed by atoms with Crippen molar-refractivity contribution in [2.24, 2.45) is 0 Å². The number of aryl methyl sites for hydroxylation is 3. The Kier molecular flexibility index (Phi) is 4.85. The smallest absolute Gasteiger partial charge is 0.274 e. The van der Waals surface area contributed by atoms with Gasteiger partial charge in [0.05, 0.1) is 16.7 Å². The zero-order chi connectivity index (χ0) is 23.6. The van der Waals surface area contributed by atoms with Crippen LogP contribution in [-0.4, -0.2) is 40.0 Å². The van der Waals surface area contributed by atoms with Gasteiger partial charge in [0.15, 0.2) is 0 Å². The van der Waals surface area contributed by atoms with Crippen LogP contribution in [0.4, 0.5) is 5.69 Å². The maximum absolute atomic E-state index is 13.6. The van der Waals surface area contributed by atoms with Gasteiger partial charge in [-0.15, -0.1) is 0 Å². The molecule has 4 heterocycles. The van der Waals surface area contributed by atoms with Gasteiger partial charge in [-0.1, -0.05) is 17.7 Å². The number of imidazole rings is 1. The summed E-state index contributed by atoms with van der Waals surface area (Å²) < 4.78 is 7.55. The van der Waals surface area contributed by atoms with Crippen LogP contribution >= 0.6 is 0 Å². The molecule has 2 aromatic heterocycles. The number of benzene rings is 2. The van der Waals surface area contributed by atoms with E-state index in [-0.39, 0.29) is 17.4 Å². The third-order valence-electron chi connectivity index (χ3n) is 7.32. The zero-order valence-electron chi connectivity index (χ0n) is 19.8. The molecule has 174 valence electrons. The number of anilines is 1. The van der Waals surface area contributed by atoms with Crippen molar-refractivity contribution in [1.82, 2.24) is 14.4 Å². The highest BCUT2D eigenvalue weighted by atomic mass is 16.5. The van der Waals surface area contributed by atoms with Gasteiger partial charge in [0.1, 0.15) is 11.3 Å². The zero-order valence-corrected chi connectivity index (χ0v) is 19.8. The molecule has 2 aliphatic rings. The maximum atomic E-state index is 13.6. The number of carbonyl (C=O) groups excluding carboxylic acids is 1. The Morgan fingerprint density at radius 3 is 2.71 bits per heavy atom. The van der Waals surface area contributed by atoms with Gasteiger partial charge in [-0.3, -0.25) is 14.0 Å². The van der Waals surface area contributed by atoms with Crippen LogP contribution in [0.3, 0.4) is 0 Å². The Balaban J connectivity index is 1.50. The van der Waals surface area contributed by atoms with E-state index in [0.717, 1.165) is 47.5 Å². The van der Waals surface area contributed by atoms with Crippen LogP contribution in [0.15, 0.2) is 35.1 Å². The first-order valence-electron chi connectivity index (χ1n) is 12.0. The molecule has 4 aromatic rings. The van der Waals surface area contributed by atoms with E-state index in [1.807, 2.05) is 47.4 Å². The van der Waals surface area contributed by atoms with Gasteiger partial charge in [0, 0.05) is 36.9 Å². The number of hydrogen-bond donors (Lipinski definition) is 1. The first-order valence-corrected chi connectivity index (χ1v) is 12.0. The van der Waals surface area contributed by atoms with Gasteiger partial charge in [0.2, 0.25) is 0 Å². The second-order valence-corrected chi connectivity index (χ2v) is 9.60. The van der Waals surface area contributed by atoms with Gasteiger partial charge in [-0.2, -0.15) is 0 Å². The van der Waals surface area contributed by atoms with Crippen molar-refractivity contribution in [3.05, 3.63) is 74.5 Å². The molecule has 7 heteroatoms. The van der Waals surface area contributed by atoms with Crippen molar-refractivity contribution in [2.75, 3.05) is 24.7 Å². The quantitative estimate of drug-likeness (QED) is 0.490. The van der Waals surface area contributed by atoms with E-state index in [2.05, 4.69) is 18.0 Å². The molecule has 6 rings (SSSR count). The molecule has 0 spiro atoms. The second kappa shape index (κ2) is 7.81. The molecule has 1 fully saturated rings. The van der Waals surface area contributed by atoms with E-state index in [0.29, 0.717) is 36.4 Å². The van der Waals surface area contributed by atoms with E-state index in [1.54, 1.807) is 0 Å². The summed E-state index contributed by atoms with van der Waals surface area (Å²) in [7, 11) is 0. The molecule has 1 saturated heterocycles. The lowest BCUT2D eigenvalue weighted by atomic mass is 9.99. The van der Waals surface area contributed by atoms with E-state index < -0.39 is 0 Å². The number of rotatable bonds is 2. The standard InChI is InChI=1S/C27H28N4O3/c1-15-4-5-22-19(12-15)6-9-30(22)27(33)20-14-21-23(13-16(20)2)31-24(26(32)29-21)17(3)28-25(31)18-7-10-34-11-8-18/h4-5,12-14,18H,6-11H2,1-3H3,(H,29,32). The molecule has 7 nitrogen and oxygen atoms in total. The molecule has 0 aliphatic carbocycles. The lowest BCUT2D eigenvalue weighted by Gasteiger charge is -2.22. The first-order chi connectivity index (χ1) is 16.4. The number of nitrogens with zero attached hydrogens (tertiary/aromatic N) is 3. The number of ether oxygens (including phenoxy) is 1. The number of aromatic nitrogens is 3. The van der Waals surface area contributed by atoms with Crippen molar-refractivity contribution in [2.45, 2.75) is 46.0 Å². The summed E-state index contributed by atoms with van der Waals surface area (Å²) in [4.78, 5) is 36.4. The highest BCUT2D eigenvalue weighted by Gasteiger charge is 2.28. The Morgan fingerprint density at radius 2 is 1.91 bits per heavy atom. The van der Waals surface area contributed by atoms with Crippen molar-refractivity contribution in [3.63, 3.8) is 0 Å². The van der Waals surface area contributed by atoms with Gasteiger partial charge >= 0.3 is 0 Å². The maximum Gasteiger partial charge on any atom is 0.274 e. The van der Waals surface area contributed by atoms with Crippen molar-refractivity contribution in [1.29, 1.82) is 0 Å². The Morgan fingerprint density at radius 1 is 1.12 bits per heavy atom. The minimum atomic E-state index is -0.181. The average molecular weight is 457 g/mol. The predicted molar refractivity (Wildman–Crippen MR) is 132 cm³/mol. The number of nitrogens with one attached hydrogen (secondary N) is 1. The fourth-order valence-corrected chi connectivity index (χ4v) is 5.57. The van der Waals surface area contributed by atoms with Crippen LogP contribution in [-0.2, 0) is 11.2 Å². The molecule has 2 aromatic carbocycles. The summed E-state index contributed by atoms with van der Waals surface area (Å²) in [5, 5.41) is 0. The van der Waals surface area contributed by atoms with Crippen molar-refractivity contribution < 1.29 is 9.53 Å². The van der Waals surface area contributed by atoms with E-state index >= 15 is 0 Å². The molecule has 1 amide bonds. The summed E-state index contributed by atoms with van der Waals surface area (Å²) >= 11 is 0. The summed E-state index contributed by atoms with van der Waals surface area (Å²) in [6.07, 6.45) is 2.63. The predicted octanol–water partition coefficient (Wildman–Crippen LogP) is 4.20. The van der Waals surface area contributed by atoms with Crippen LogP contribution < -0.4 is 10.5 Å². The summed E-state index contributed by atoms with van der Waals surface area (Å²) in [5.41, 5.74) is 7.54. The third-order valence-corrected chi connectivity index (χ3v) is 7.32. The fraction of sp³-hybridized carbons (Fsp3) is 0.370. The molecule has 1 N–H and O–H groups in total. The lowest BCUT2D eigenvalue weighted by molar-refractivity contribution is 0.0835. The monoisotopic (exact) mass is 456 g/mol. The van der Waals surface area contributed by atoms with Crippen LogP contribution in [0, 0.1) is 20.8 Å². The fourth-order valence-electron chi connectivity index (χ4n) is 5.57. The molecule has 34 heavy (non-hydrogen) atoms. The highest BCUT2D eigenvalue weighted by molar-refractivity contribution is 6.09. The highest BCUT2D eigenvalue weighted by Crippen LogP contribution is 2.33. The van der Waals surface area contributed by atoms with E-state index in [4.69, 9.17) is 9.72 Å². The number of amides is 1. The molecule has 0 radical (unpaired) electrons. The van der Waals surface area contributed by atoms with Gasteiger partial charge in [-0.25, -0.2) is 4.98 Å². The minimum Gasteiger partial charge on any atom is -0.381 e. The van der Waals surface area contributed by atoms with Crippen LogP contribution in [0.2, 0.25) is 0 Å². The first kappa shape index (κ1) is 21.1. The summed E-state index contributed by atoms with van der Waals surface area (Å²) in [6, 6.07) is 10.1. The van der Waals surface area contributed by atoms with E-state index in [9.17, 15) is 9.59 Å². The van der Waals surface area contributed by atoms with Crippen LogP contribution in [0.5, 0.6) is 0 Å².